The first-order chi connectivity index (χ1) is 7.72. The van der Waals surface area contributed by atoms with Crippen molar-refractivity contribution in [2.45, 2.75) is 6.42 Å². The van der Waals surface area contributed by atoms with Crippen molar-refractivity contribution < 1.29 is 0 Å². The first-order valence-electron chi connectivity index (χ1n) is 5.03. The minimum absolute atomic E-state index is 0.563. The molecule has 0 unspecified atom stereocenters. The number of aromatic nitrogens is 1. The molecule has 0 spiro atoms. The van der Waals surface area contributed by atoms with Crippen molar-refractivity contribution in [3.63, 3.8) is 0 Å². The molecule has 0 atom stereocenters. The van der Waals surface area contributed by atoms with Crippen molar-refractivity contribution in [3.8, 4) is 5.69 Å². The van der Waals surface area contributed by atoms with Gasteiger partial charge < -0.3 is 10.3 Å². The Labute approximate surface area is 105 Å². The Morgan fingerprint density at radius 3 is 2.75 bits per heavy atom. The molecule has 0 bridgehead atoms. The maximum Gasteiger partial charge on any atom is 0.0832 e. The summed E-state index contributed by atoms with van der Waals surface area (Å²) in [6, 6.07) is 7.62. The van der Waals surface area contributed by atoms with Crippen LogP contribution in [0.15, 0.2) is 36.7 Å². The standard InChI is InChI=1S/C12H12Cl2N2/c13-10-2-1-3-11(12(10)14)16-7-5-9(8-16)4-6-15/h1-3,5,7-8H,4,6,15H2. The number of nitrogens with zero attached hydrogens (tertiary/aromatic N) is 1. The molecule has 84 valence electrons. The molecule has 2 aromatic rings. The minimum atomic E-state index is 0.563. The van der Waals surface area contributed by atoms with Crippen molar-refractivity contribution >= 4 is 23.2 Å². The van der Waals surface area contributed by atoms with Crippen LogP contribution in [-0.4, -0.2) is 11.1 Å². The average Bonchev–Trinajstić information content (AvgIpc) is 2.71. The monoisotopic (exact) mass is 254 g/mol. The highest BCUT2D eigenvalue weighted by Crippen LogP contribution is 2.28. The van der Waals surface area contributed by atoms with Gasteiger partial charge in [0.05, 0.1) is 15.7 Å². The molecule has 0 saturated carbocycles. The first-order valence-corrected chi connectivity index (χ1v) is 5.79. The third-order valence-corrected chi connectivity index (χ3v) is 3.21. The zero-order valence-corrected chi connectivity index (χ0v) is 10.2. The lowest BCUT2D eigenvalue weighted by molar-refractivity contribution is 0.961. The van der Waals surface area contributed by atoms with Gasteiger partial charge in [0, 0.05) is 12.4 Å². The van der Waals surface area contributed by atoms with Gasteiger partial charge in [0.1, 0.15) is 0 Å². The Hall–Kier alpha value is -0.960. The Bertz CT molecular complexity index is 492. The van der Waals surface area contributed by atoms with Gasteiger partial charge in [0.15, 0.2) is 0 Å². The van der Waals surface area contributed by atoms with Crippen LogP contribution in [0.4, 0.5) is 0 Å². The molecule has 0 amide bonds. The average molecular weight is 255 g/mol. The van der Waals surface area contributed by atoms with E-state index in [0.717, 1.165) is 12.1 Å². The van der Waals surface area contributed by atoms with E-state index < -0.39 is 0 Å². The molecule has 0 aliphatic carbocycles. The van der Waals surface area contributed by atoms with Gasteiger partial charge in [0.25, 0.3) is 0 Å². The molecule has 1 heterocycles. The van der Waals surface area contributed by atoms with Crippen LogP contribution in [0, 0.1) is 0 Å². The molecular weight excluding hydrogens is 243 g/mol. The van der Waals surface area contributed by atoms with E-state index in [9.17, 15) is 0 Å². The quantitative estimate of drug-likeness (QED) is 0.896. The van der Waals surface area contributed by atoms with Gasteiger partial charge in [-0.25, -0.2) is 0 Å². The minimum Gasteiger partial charge on any atom is -0.330 e. The molecule has 1 aromatic carbocycles. The summed E-state index contributed by atoms with van der Waals surface area (Å²) in [4.78, 5) is 0. The van der Waals surface area contributed by atoms with Crippen LogP contribution in [-0.2, 0) is 6.42 Å². The largest absolute Gasteiger partial charge is 0.330 e. The number of nitrogens with two attached hydrogens (primary N) is 1. The van der Waals surface area contributed by atoms with E-state index in [1.165, 1.54) is 5.56 Å². The van der Waals surface area contributed by atoms with E-state index >= 15 is 0 Å². The van der Waals surface area contributed by atoms with E-state index in [0.29, 0.717) is 16.6 Å². The Balaban J connectivity index is 2.39. The molecule has 0 aliphatic rings. The zero-order chi connectivity index (χ0) is 11.5. The summed E-state index contributed by atoms with van der Waals surface area (Å²) < 4.78 is 1.96. The summed E-state index contributed by atoms with van der Waals surface area (Å²) in [7, 11) is 0. The third-order valence-electron chi connectivity index (χ3n) is 2.40. The second-order valence-electron chi connectivity index (χ2n) is 3.54. The van der Waals surface area contributed by atoms with Gasteiger partial charge in [-0.15, -0.1) is 0 Å². The second kappa shape index (κ2) is 4.91. The van der Waals surface area contributed by atoms with Crippen LogP contribution in [0.5, 0.6) is 0 Å². The maximum atomic E-state index is 6.14. The summed E-state index contributed by atoms with van der Waals surface area (Å²) in [5.74, 6) is 0. The topological polar surface area (TPSA) is 30.9 Å². The van der Waals surface area contributed by atoms with E-state index in [2.05, 4.69) is 0 Å². The summed E-state index contributed by atoms with van der Waals surface area (Å²) in [6.45, 7) is 0.646. The molecule has 2 rings (SSSR count). The highest BCUT2D eigenvalue weighted by Gasteiger charge is 2.06. The zero-order valence-electron chi connectivity index (χ0n) is 8.66. The van der Waals surface area contributed by atoms with Crippen LogP contribution >= 0.6 is 23.2 Å². The molecule has 0 aliphatic heterocycles. The van der Waals surface area contributed by atoms with Crippen LogP contribution in [0.2, 0.25) is 10.0 Å². The molecule has 2 nitrogen and oxygen atoms in total. The molecular formula is C12H12Cl2N2. The molecule has 0 saturated heterocycles. The highest BCUT2D eigenvalue weighted by molar-refractivity contribution is 6.43. The lowest BCUT2D eigenvalue weighted by Gasteiger charge is -2.06. The van der Waals surface area contributed by atoms with Crippen molar-refractivity contribution in [2.24, 2.45) is 5.73 Å². The summed E-state index contributed by atoms with van der Waals surface area (Å²) in [5.41, 5.74) is 7.59. The van der Waals surface area contributed by atoms with E-state index in [1.54, 1.807) is 6.07 Å². The number of rotatable bonds is 3. The third kappa shape index (κ3) is 2.24. The van der Waals surface area contributed by atoms with Crippen LogP contribution in [0.25, 0.3) is 5.69 Å². The van der Waals surface area contributed by atoms with E-state index in [-0.39, 0.29) is 0 Å². The lowest BCUT2D eigenvalue weighted by atomic mass is 10.2. The predicted molar refractivity (Wildman–Crippen MR) is 68.5 cm³/mol. The molecule has 1 aromatic heterocycles. The van der Waals surface area contributed by atoms with Gasteiger partial charge in [0.2, 0.25) is 0 Å². The van der Waals surface area contributed by atoms with Gasteiger partial charge in [-0.1, -0.05) is 29.3 Å². The van der Waals surface area contributed by atoms with Crippen molar-refractivity contribution in [2.75, 3.05) is 6.54 Å². The second-order valence-corrected chi connectivity index (χ2v) is 4.32. The summed E-state index contributed by atoms with van der Waals surface area (Å²) >= 11 is 12.1. The maximum absolute atomic E-state index is 6.14. The van der Waals surface area contributed by atoms with E-state index in [1.807, 2.05) is 35.2 Å². The van der Waals surface area contributed by atoms with Crippen molar-refractivity contribution in [1.29, 1.82) is 0 Å². The highest BCUT2D eigenvalue weighted by atomic mass is 35.5. The van der Waals surface area contributed by atoms with Gasteiger partial charge >= 0.3 is 0 Å². The molecule has 2 N–H and O–H groups in total. The number of halogens is 2. The smallest absolute Gasteiger partial charge is 0.0832 e. The number of hydrogen-bond donors (Lipinski definition) is 1. The van der Waals surface area contributed by atoms with Gasteiger partial charge in [-0.05, 0) is 36.7 Å². The Morgan fingerprint density at radius 2 is 2.00 bits per heavy atom. The van der Waals surface area contributed by atoms with Gasteiger partial charge in [-0.2, -0.15) is 0 Å². The fourth-order valence-corrected chi connectivity index (χ4v) is 1.99. The van der Waals surface area contributed by atoms with Crippen molar-refractivity contribution in [3.05, 3.63) is 52.3 Å². The number of hydrogen-bond acceptors (Lipinski definition) is 1. The lowest BCUT2D eigenvalue weighted by Crippen LogP contribution is -2.01. The summed E-state index contributed by atoms with van der Waals surface area (Å²) in [5, 5.41) is 1.13. The van der Waals surface area contributed by atoms with Crippen molar-refractivity contribution in [1.82, 2.24) is 4.57 Å². The molecule has 0 radical (unpaired) electrons. The summed E-state index contributed by atoms with van der Waals surface area (Å²) in [6.07, 6.45) is 4.85. The Kier molecular flexibility index (Phi) is 3.54. The Morgan fingerprint density at radius 1 is 1.19 bits per heavy atom. The SMILES string of the molecule is NCCc1ccn(-c2cccc(Cl)c2Cl)c1. The normalized spacial score (nSPS) is 10.7. The van der Waals surface area contributed by atoms with E-state index in [4.69, 9.17) is 28.9 Å². The predicted octanol–water partition coefficient (Wildman–Crippen LogP) is 3.29. The molecule has 16 heavy (non-hydrogen) atoms. The van der Waals surface area contributed by atoms with Crippen LogP contribution in [0.3, 0.4) is 0 Å². The molecule has 4 heteroatoms. The van der Waals surface area contributed by atoms with Crippen LogP contribution < -0.4 is 5.73 Å². The fraction of sp³-hybridized carbons (Fsp3) is 0.167. The fourth-order valence-electron chi connectivity index (χ4n) is 1.60. The number of benzene rings is 1. The first kappa shape index (κ1) is 11.5. The van der Waals surface area contributed by atoms with Gasteiger partial charge in [-0.3, -0.25) is 0 Å². The van der Waals surface area contributed by atoms with Crippen LogP contribution in [0.1, 0.15) is 5.56 Å². The molecule has 0 fully saturated rings.